The molecule has 0 spiro atoms. The van der Waals surface area contributed by atoms with Crippen LogP contribution in [0.25, 0.3) is 11.5 Å². The standard InChI is InChI=1S/C20H24N4O2S/c1-4-24(14(2)3)17-7-5-16(6-8-17)21-18(25)9-10-19-22-23-20(26-19)15-11-12-27-13-15/h5-8,11-14H,4,9-10H2,1-3H3,(H,21,25). The van der Waals surface area contributed by atoms with E-state index >= 15 is 0 Å². The van der Waals surface area contributed by atoms with Gasteiger partial charge in [0.1, 0.15) is 0 Å². The number of rotatable bonds is 8. The van der Waals surface area contributed by atoms with Crippen molar-refractivity contribution in [1.82, 2.24) is 10.2 Å². The maximum absolute atomic E-state index is 12.2. The van der Waals surface area contributed by atoms with E-state index in [4.69, 9.17) is 4.42 Å². The fraction of sp³-hybridized carbons (Fsp3) is 0.350. The lowest BCUT2D eigenvalue weighted by Gasteiger charge is -2.27. The summed E-state index contributed by atoms with van der Waals surface area (Å²) in [7, 11) is 0. The van der Waals surface area contributed by atoms with E-state index < -0.39 is 0 Å². The molecule has 6 nitrogen and oxygen atoms in total. The maximum atomic E-state index is 12.2. The number of hydrogen-bond acceptors (Lipinski definition) is 6. The van der Waals surface area contributed by atoms with Crippen molar-refractivity contribution >= 4 is 28.6 Å². The number of carbonyl (C=O) groups excluding carboxylic acids is 1. The molecule has 2 aromatic heterocycles. The van der Waals surface area contributed by atoms with Gasteiger partial charge in [-0.1, -0.05) is 0 Å². The molecule has 7 heteroatoms. The average molecular weight is 385 g/mol. The maximum Gasteiger partial charge on any atom is 0.248 e. The number of benzene rings is 1. The van der Waals surface area contributed by atoms with Gasteiger partial charge in [0.15, 0.2) is 0 Å². The SMILES string of the molecule is CCN(c1ccc(NC(=O)CCc2nnc(-c3ccsc3)o2)cc1)C(C)C. The Hall–Kier alpha value is -2.67. The van der Waals surface area contributed by atoms with Crippen LogP contribution in [-0.4, -0.2) is 28.7 Å². The summed E-state index contributed by atoms with van der Waals surface area (Å²) in [6.45, 7) is 7.42. The minimum Gasteiger partial charge on any atom is -0.421 e. The van der Waals surface area contributed by atoms with Crippen LogP contribution in [0.5, 0.6) is 0 Å². The summed E-state index contributed by atoms with van der Waals surface area (Å²) < 4.78 is 5.60. The number of carbonyl (C=O) groups is 1. The molecule has 1 aromatic carbocycles. The molecule has 142 valence electrons. The number of amides is 1. The highest BCUT2D eigenvalue weighted by molar-refractivity contribution is 7.08. The fourth-order valence-electron chi connectivity index (χ4n) is 2.88. The normalized spacial score (nSPS) is 11.0. The van der Waals surface area contributed by atoms with E-state index in [2.05, 4.69) is 41.2 Å². The average Bonchev–Trinajstić information content (AvgIpc) is 3.33. The summed E-state index contributed by atoms with van der Waals surface area (Å²) in [5.74, 6) is 0.888. The molecule has 0 bridgehead atoms. The van der Waals surface area contributed by atoms with E-state index in [1.807, 2.05) is 41.1 Å². The van der Waals surface area contributed by atoms with Crippen molar-refractivity contribution in [3.05, 3.63) is 47.0 Å². The van der Waals surface area contributed by atoms with Gasteiger partial charge in [-0.2, -0.15) is 11.3 Å². The first-order valence-corrected chi connectivity index (χ1v) is 10.0. The van der Waals surface area contributed by atoms with Crippen molar-refractivity contribution in [2.24, 2.45) is 0 Å². The molecule has 0 aliphatic carbocycles. The predicted octanol–water partition coefficient (Wildman–Crippen LogP) is 4.60. The second-order valence-corrected chi connectivity index (χ2v) is 7.27. The second-order valence-electron chi connectivity index (χ2n) is 6.49. The Morgan fingerprint density at radius 2 is 2.00 bits per heavy atom. The summed E-state index contributed by atoms with van der Waals surface area (Å²) in [5, 5.41) is 14.9. The minimum atomic E-state index is -0.0748. The van der Waals surface area contributed by atoms with Gasteiger partial charge in [-0.25, -0.2) is 0 Å². The molecule has 0 atom stereocenters. The molecule has 0 saturated carbocycles. The summed E-state index contributed by atoms with van der Waals surface area (Å²) in [6.07, 6.45) is 0.706. The van der Waals surface area contributed by atoms with Crippen molar-refractivity contribution in [1.29, 1.82) is 0 Å². The van der Waals surface area contributed by atoms with E-state index in [-0.39, 0.29) is 5.91 Å². The molecule has 3 rings (SSSR count). The van der Waals surface area contributed by atoms with E-state index in [9.17, 15) is 4.79 Å². The van der Waals surface area contributed by atoms with Crippen molar-refractivity contribution < 1.29 is 9.21 Å². The van der Waals surface area contributed by atoms with Gasteiger partial charge in [-0.05, 0) is 56.5 Å². The van der Waals surface area contributed by atoms with Gasteiger partial charge in [-0.3, -0.25) is 4.79 Å². The van der Waals surface area contributed by atoms with E-state index in [0.29, 0.717) is 30.7 Å². The summed E-state index contributed by atoms with van der Waals surface area (Å²) in [5.41, 5.74) is 2.84. The van der Waals surface area contributed by atoms with Gasteiger partial charge >= 0.3 is 0 Å². The Balaban J connectivity index is 1.52. The predicted molar refractivity (Wildman–Crippen MR) is 109 cm³/mol. The monoisotopic (exact) mass is 384 g/mol. The van der Waals surface area contributed by atoms with E-state index in [1.165, 1.54) is 0 Å². The number of aryl methyl sites for hydroxylation is 1. The molecular weight excluding hydrogens is 360 g/mol. The van der Waals surface area contributed by atoms with Crippen LogP contribution in [0.3, 0.4) is 0 Å². The third-order valence-electron chi connectivity index (χ3n) is 4.25. The summed E-state index contributed by atoms with van der Waals surface area (Å²) in [4.78, 5) is 14.5. The molecule has 0 fully saturated rings. The quantitative estimate of drug-likeness (QED) is 0.614. The number of thiophene rings is 1. The van der Waals surface area contributed by atoms with Crippen LogP contribution >= 0.6 is 11.3 Å². The number of aromatic nitrogens is 2. The first kappa shape index (κ1) is 19.1. The van der Waals surface area contributed by atoms with Crippen LogP contribution in [0.4, 0.5) is 11.4 Å². The third-order valence-corrected chi connectivity index (χ3v) is 4.93. The Morgan fingerprint density at radius 1 is 1.22 bits per heavy atom. The third kappa shape index (κ3) is 4.95. The topological polar surface area (TPSA) is 71.3 Å². The van der Waals surface area contributed by atoms with Crippen LogP contribution in [0, 0.1) is 0 Å². The van der Waals surface area contributed by atoms with Crippen LogP contribution in [-0.2, 0) is 11.2 Å². The van der Waals surface area contributed by atoms with Crippen LogP contribution in [0.15, 0.2) is 45.5 Å². The van der Waals surface area contributed by atoms with Gasteiger partial charge in [0, 0.05) is 47.7 Å². The summed E-state index contributed by atoms with van der Waals surface area (Å²) >= 11 is 1.57. The highest BCUT2D eigenvalue weighted by Gasteiger charge is 2.12. The molecule has 0 aliphatic heterocycles. The second kappa shape index (κ2) is 8.81. The molecule has 2 heterocycles. The fourth-order valence-corrected chi connectivity index (χ4v) is 3.51. The number of nitrogens with zero attached hydrogens (tertiary/aromatic N) is 3. The Morgan fingerprint density at radius 3 is 2.63 bits per heavy atom. The zero-order valence-electron chi connectivity index (χ0n) is 15.8. The Bertz CT molecular complexity index is 857. The number of anilines is 2. The van der Waals surface area contributed by atoms with E-state index in [0.717, 1.165) is 23.5 Å². The molecule has 3 aromatic rings. The van der Waals surface area contributed by atoms with Gasteiger partial charge in [-0.15, -0.1) is 10.2 Å². The first-order valence-electron chi connectivity index (χ1n) is 9.08. The molecule has 0 radical (unpaired) electrons. The van der Waals surface area contributed by atoms with Crippen LogP contribution in [0.1, 0.15) is 33.1 Å². The van der Waals surface area contributed by atoms with Crippen LogP contribution < -0.4 is 10.2 Å². The minimum absolute atomic E-state index is 0.0748. The number of nitrogens with one attached hydrogen (secondary N) is 1. The van der Waals surface area contributed by atoms with Crippen molar-refractivity contribution in [3.8, 4) is 11.5 Å². The summed E-state index contributed by atoms with van der Waals surface area (Å²) in [6, 6.07) is 10.3. The molecule has 0 unspecified atom stereocenters. The molecule has 1 N–H and O–H groups in total. The lowest BCUT2D eigenvalue weighted by atomic mass is 10.2. The highest BCUT2D eigenvalue weighted by Crippen LogP contribution is 2.22. The van der Waals surface area contributed by atoms with Crippen molar-refractivity contribution in [2.75, 3.05) is 16.8 Å². The molecule has 0 aliphatic rings. The Labute approximate surface area is 163 Å². The largest absolute Gasteiger partial charge is 0.421 e. The van der Waals surface area contributed by atoms with Crippen LogP contribution in [0.2, 0.25) is 0 Å². The molecule has 1 amide bonds. The molecule has 0 saturated heterocycles. The Kier molecular flexibility index (Phi) is 6.24. The van der Waals surface area contributed by atoms with Crippen molar-refractivity contribution in [2.45, 2.75) is 39.7 Å². The lowest BCUT2D eigenvalue weighted by Crippen LogP contribution is -2.30. The van der Waals surface area contributed by atoms with E-state index in [1.54, 1.807) is 11.3 Å². The smallest absolute Gasteiger partial charge is 0.248 e. The molecule has 27 heavy (non-hydrogen) atoms. The zero-order chi connectivity index (χ0) is 19.2. The highest BCUT2D eigenvalue weighted by atomic mass is 32.1. The number of hydrogen-bond donors (Lipinski definition) is 1. The van der Waals surface area contributed by atoms with Gasteiger partial charge in [0.05, 0.1) is 0 Å². The van der Waals surface area contributed by atoms with Gasteiger partial charge < -0.3 is 14.6 Å². The molecular formula is C20H24N4O2S. The lowest BCUT2D eigenvalue weighted by molar-refractivity contribution is -0.116. The first-order chi connectivity index (χ1) is 13.1. The van der Waals surface area contributed by atoms with Crippen molar-refractivity contribution in [3.63, 3.8) is 0 Å². The van der Waals surface area contributed by atoms with Gasteiger partial charge in [0.25, 0.3) is 0 Å². The zero-order valence-corrected chi connectivity index (χ0v) is 16.6. The van der Waals surface area contributed by atoms with Gasteiger partial charge in [0.2, 0.25) is 17.7 Å².